The maximum Gasteiger partial charge on any atom is 0.326 e. The lowest BCUT2D eigenvalue weighted by Gasteiger charge is -2.30. The first-order valence-electron chi connectivity index (χ1n) is 50.8. The highest BCUT2D eigenvalue weighted by Gasteiger charge is 2.40. The molecule has 2 aromatic carbocycles. The second-order valence-electron chi connectivity index (χ2n) is 40.0. The van der Waals surface area contributed by atoms with E-state index in [0.29, 0.717) is 75.3 Å². The summed E-state index contributed by atoms with van der Waals surface area (Å²) in [4.78, 5) is 248. The van der Waals surface area contributed by atoms with Gasteiger partial charge in [0.2, 0.25) is 94.5 Å². The van der Waals surface area contributed by atoms with E-state index in [1.165, 1.54) is 0 Å². The Morgan fingerprint density at radius 3 is 0.845 bits per heavy atom. The number of carbonyl (C=O) groups excluding carboxylic acids is 16. The van der Waals surface area contributed by atoms with Gasteiger partial charge in [0.15, 0.2) is 5.96 Å². The summed E-state index contributed by atoms with van der Waals surface area (Å²) in [5.74, 6) is -15.7. The predicted molar refractivity (Wildman–Crippen MR) is 546 cm³/mol. The Balaban J connectivity index is 2.60. The Morgan fingerprint density at radius 2 is 0.535 bits per heavy atom. The van der Waals surface area contributed by atoms with Crippen molar-refractivity contribution in [2.45, 2.75) is 356 Å². The number of nitrogens with one attached hydrogen (secondary N) is 16. The lowest BCUT2D eigenvalue weighted by molar-refractivity contribution is -0.143. The van der Waals surface area contributed by atoms with Crippen molar-refractivity contribution in [1.29, 1.82) is 0 Å². The van der Waals surface area contributed by atoms with Crippen LogP contribution < -0.4 is 125 Å². The minimum Gasteiger partial charge on any atom is -0.480 e. The number of aliphatic imine (C=N–C) groups is 1. The Kier molecular flexibility index (Phi) is 61.9. The highest BCUT2D eigenvalue weighted by atomic mass is 16.4. The summed E-state index contributed by atoms with van der Waals surface area (Å²) in [6, 6.07) is -1.99. The van der Waals surface area contributed by atoms with Gasteiger partial charge in [-0.2, -0.15) is 0 Å². The van der Waals surface area contributed by atoms with E-state index in [1.54, 1.807) is 144 Å². The van der Waals surface area contributed by atoms with Gasteiger partial charge in [0.1, 0.15) is 84.6 Å². The number of amides is 16. The third-order valence-corrected chi connectivity index (χ3v) is 23.5. The summed E-state index contributed by atoms with van der Waals surface area (Å²) in [6.45, 7) is 28.7. The first-order valence-corrected chi connectivity index (χ1v) is 50.8. The fraction of sp³-hybridized carbons (Fsp3) is 0.700. The maximum absolute atomic E-state index is 15.0. The molecule has 0 unspecified atom stereocenters. The number of guanidine groups is 1. The number of nitrogens with zero attached hydrogens (tertiary/aromatic N) is 1. The van der Waals surface area contributed by atoms with Gasteiger partial charge in [0, 0.05) is 19.4 Å². The minimum absolute atomic E-state index is 0.00471. The van der Waals surface area contributed by atoms with Crippen molar-refractivity contribution in [2.75, 3.05) is 45.8 Å². The van der Waals surface area contributed by atoms with E-state index in [9.17, 15) is 72.2 Å². The quantitative estimate of drug-likeness (QED) is 0.0248. The highest BCUT2D eigenvalue weighted by molar-refractivity contribution is 6.01. The Hall–Kier alpha value is -11.5. The third kappa shape index (κ3) is 52.5. The van der Waals surface area contributed by atoms with Crippen molar-refractivity contribution in [3.63, 3.8) is 0 Å². The van der Waals surface area contributed by atoms with Crippen LogP contribution in [0.2, 0.25) is 0 Å². The van der Waals surface area contributed by atoms with Crippen LogP contribution in [0.3, 0.4) is 0 Å². The molecule has 0 aliphatic carbocycles. The zero-order valence-corrected chi connectivity index (χ0v) is 86.8. The van der Waals surface area contributed by atoms with Crippen LogP contribution in [-0.2, 0) is 94.3 Å². The maximum atomic E-state index is 15.0. The van der Waals surface area contributed by atoms with Gasteiger partial charge in [0.25, 0.3) is 0 Å². The number of aliphatic carboxylic acids is 1. The number of hydrogen-bond acceptors (Lipinski definition) is 23. The number of carboxylic acid groups (broad SMARTS) is 1. The van der Waals surface area contributed by atoms with E-state index in [1.807, 2.05) is 27.7 Å². The molecule has 0 aromatic heterocycles. The normalized spacial score (nSPS) is 14.8. The number of benzene rings is 2. The van der Waals surface area contributed by atoms with Crippen LogP contribution >= 0.6 is 0 Å². The van der Waals surface area contributed by atoms with Crippen molar-refractivity contribution >= 4 is 106 Å². The molecule has 0 fully saturated rings. The Bertz CT molecular complexity index is 4250. The van der Waals surface area contributed by atoms with Crippen LogP contribution in [0.25, 0.3) is 0 Å². The molecule has 2 aromatic rings. The van der Waals surface area contributed by atoms with Crippen LogP contribution in [0.1, 0.15) is 263 Å². The number of carboxylic acids is 1. The van der Waals surface area contributed by atoms with Gasteiger partial charge in [0.05, 0.1) is 19.1 Å². The molecule has 0 aliphatic heterocycles. The average molecular weight is 2000 g/mol. The largest absolute Gasteiger partial charge is 0.480 e. The zero-order chi connectivity index (χ0) is 107. The molecule has 0 saturated carbocycles. The summed E-state index contributed by atoms with van der Waals surface area (Å²) in [6.07, 6.45) is 4.01. The van der Waals surface area contributed by atoms with Crippen LogP contribution in [0, 0.1) is 47.3 Å². The van der Waals surface area contributed by atoms with Gasteiger partial charge in [-0.15, -0.1) is 0 Å². The SMILES string of the molecule is CC[C@H](C)[C@H](NC(=O)[C@H](CC(C)C)NC(=O)[C@H](CCCN=C(N)N)NC(=O)[C@H](CC(C)C)NC(=O)[C@H](CC(C)C)NC(=O)[C@H](CCCCN)NC(=O)[C@H](CCCCN)NC(=O)[C@H](Cc1ccccc1)NC(=O)[C@H](CC(C)C)NC(=O)CNC(=O)[C@@H](N)CC(C)C)C(=O)N[C@@H](CC(C)C)C(=O)N[C@@H](CCCCN)C(=O)NCC(=O)N[C@@H](Cc1ccccc1)C(=O)N[C@@H](CCCCN)C(=O)N[C@@H](CC(C)C)C(=O)O. The average Bonchev–Trinajstić information content (AvgIpc) is 0.681. The van der Waals surface area contributed by atoms with Crippen LogP contribution in [0.4, 0.5) is 0 Å². The summed E-state index contributed by atoms with van der Waals surface area (Å²) < 4.78 is 0. The summed E-state index contributed by atoms with van der Waals surface area (Å²) in [7, 11) is 0. The van der Waals surface area contributed by atoms with E-state index < -0.39 is 210 Å². The molecule has 2 rings (SSSR count). The van der Waals surface area contributed by atoms with Crippen molar-refractivity contribution < 1.29 is 86.6 Å². The van der Waals surface area contributed by atoms with E-state index in [4.69, 9.17) is 40.1 Å². The second kappa shape index (κ2) is 69.4. The van der Waals surface area contributed by atoms with Gasteiger partial charge >= 0.3 is 5.97 Å². The van der Waals surface area contributed by atoms with E-state index in [0.717, 1.165) is 0 Å². The van der Waals surface area contributed by atoms with Crippen molar-refractivity contribution in [1.82, 2.24) is 85.1 Å². The molecule has 42 heteroatoms. The fourth-order valence-corrected chi connectivity index (χ4v) is 15.8. The molecule has 31 N–H and O–H groups in total. The zero-order valence-electron chi connectivity index (χ0n) is 86.8. The smallest absolute Gasteiger partial charge is 0.326 e. The van der Waals surface area contributed by atoms with Gasteiger partial charge in [-0.1, -0.05) is 178 Å². The highest BCUT2D eigenvalue weighted by Crippen LogP contribution is 2.20. The van der Waals surface area contributed by atoms with Gasteiger partial charge in [-0.25, -0.2) is 4.79 Å². The molecular formula is C100H174N24O18. The Morgan fingerprint density at radius 1 is 0.289 bits per heavy atom. The van der Waals surface area contributed by atoms with E-state index in [-0.39, 0.29) is 170 Å². The van der Waals surface area contributed by atoms with Crippen molar-refractivity contribution in [3.8, 4) is 0 Å². The number of nitrogens with two attached hydrogens (primary N) is 7. The van der Waals surface area contributed by atoms with Gasteiger partial charge in [-0.3, -0.25) is 81.7 Å². The van der Waals surface area contributed by atoms with Crippen molar-refractivity contribution in [2.24, 2.45) is 92.5 Å². The molecule has 802 valence electrons. The summed E-state index contributed by atoms with van der Waals surface area (Å²) in [5.41, 5.74) is 42.3. The van der Waals surface area contributed by atoms with Crippen LogP contribution in [0.5, 0.6) is 0 Å². The molecule has 0 heterocycles. The number of hydrogen-bond donors (Lipinski definition) is 24. The minimum atomic E-state index is -1.44. The molecule has 42 nitrogen and oxygen atoms in total. The number of rotatable bonds is 73. The molecule has 0 aliphatic rings. The van der Waals surface area contributed by atoms with Gasteiger partial charge in [-0.05, 0) is 219 Å². The van der Waals surface area contributed by atoms with Crippen molar-refractivity contribution in [3.05, 3.63) is 71.8 Å². The van der Waals surface area contributed by atoms with E-state index in [2.05, 4.69) is 90.1 Å². The fourth-order valence-electron chi connectivity index (χ4n) is 15.8. The number of carbonyl (C=O) groups is 17. The van der Waals surface area contributed by atoms with Gasteiger partial charge < -0.3 is 130 Å². The van der Waals surface area contributed by atoms with E-state index >= 15 is 14.4 Å². The lowest BCUT2D eigenvalue weighted by atomic mass is 9.95. The third-order valence-electron chi connectivity index (χ3n) is 23.5. The standard InChI is InChI=1S/C100H174N24O18/c1-17-65(16)84(98(140)122-77(51-62(10)11)93(135)113-69(37-24-28-42-101)86(128)110-57-83(126)112-79(54-66-33-20-18-21-34-66)95(137)115-72(40-27-31-45-104)90(132)123-81(99(141)142)53-64(14)15)124-97(139)78(52-63(12)13)119-89(131)73(41-32-46-108-100(106)107)117-92(134)75(49-60(6)7)120-94(136)76(50-61(8)9)118-88(130)71(39-26-30-44-103)114-87(129)70(38-25-29-43-102)116-96(138)80(55-67-35-22-19-23-36-67)121-91(133)74(48-59(4)5)111-82(125)56-109-85(127)68(105)47-58(2)3/h18-23,33-36,58-65,68-81,84H,17,24-32,37-57,101-105H2,1-16H3,(H,109,127)(H,110,128)(H,111,125)(H,112,126)(H,113,135)(H,114,129)(H,115,137)(H,116,138)(H,117,134)(H,118,130)(H,119,131)(H,120,136)(H,121,133)(H,122,140)(H,123,132)(H,124,139)(H,141,142)(H4,106,107,108)/t65-,68-,69-,70-,71-,72-,73-,74-,75-,76-,77-,78-,79-,80-,81-,84-/m0/s1. The summed E-state index contributed by atoms with van der Waals surface area (Å²) in [5, 5.41) is 53.7. The molecular weight excluding hydrogens is 1830 g/mol. The second-order valence-corrected chi connectivity index (χ2v) is 40.0. The molecule has 0 bridgehead atoms. The Labute approximate surface area is 839 Å². The first kappa shape index (κ1) is 127. The molecule has 0 saturated heterocycles. The summed E-state index contributed by atoms with van der Waals surface area (Å²) >= 11 is 0. The molecule has 0 spiro atoms. The van der Waals surface area contributed by atoms with Crippen LogP contribution in [0.15, 0.2) is 65.7 Å². The lowest BCUT2D eigenvalue weighted by Crippen LogP contribution is -2.61. The predicted octanol–water partition coefficient (Wildman–Crippen LogP) is 0.842. The molecule has 16 amide bonds. The molecule has 142 heavy (non-hydrogen) atoms. The molecule has 0 radical (unpaired) electrons. The molecule has 16 atom stereocenters. The first-order chi connectivity index (χ1) is 67.1. The van der Waals surface area contributed by atoms with Crippen LogP contribution in [-0.4, -0.2) is 248 Å². The number of unbranched alkanes of at least 4 members (excludes halogenated alkanes) is 4. The monoisotopic (exact) mass is 2000 g/mol. The topological polar surface area (TPSA) is 697 Å².